The second-order valence-electron chi connectivity index (χ2n) is 5.47. The first kappa shape index (κ1) is 16.7. The van der Waals surface area contributed by atoms with Gasteiger partial charge in [0, 0.05) is 24.2 Å². The van der Waals surface area contributed by atoms with Crippen molar-refractivity contribution in [3.8, 4) is 5.75 Å². The molecule has 1 rings (SSSR count). The van der Waals surface area contributed by atoms with Crippen molar-refractivity contribution in [1.82, 2.24) is 5.32 Å². The molecule has 0 saturated carbocycles. The molecule has 0 radical (unpaired) electrons. The third kappa shape index (κ3) is 5.73. The summed E-state index contributed by atoms with van der Waals surface area (Å²) in [6, 6.07) is 3.95. The summed E-state index contributed by atoms with van der Waals surface area (Å²) in [5.41, 5.74) is -0.191. The monoisotopic (exact) mass is 302 g/mol. The van der Waals surface area contributed by atoms with E-state index in [-0.39, 0.29) is 22.9 Å². The molecule has 0 aliphatic rings. The van der Waals surface area contributed by atoms with Gasteiger partial charge in [-0.2, -0.15) is 0 Å². The Morgan fingerprint density at radius 3 is 2.65 bits per heavy atom. The smallest absolute Gasteiger partial charge is 0.271 e. The lowest BCUT2D eigenvalue weighted by Gasteiger charge is -2.23. The SMILES string of the molecule is CC(C)(C)NCC(O)COc1ccc([N+](=O)[O-])cc1Cl. The summed E-state index contributed by atoms with van der Waals surface area (Å²) in [6.07, 6.45) is -0.694. The molecule has 0 fully saturated rings. The van der Waals surface area contributed by atoms with Gasteiger partial charge in [0.1, 0.15) is 18.5 Å². The Hall–Kier alpha value is -1.37. The number of nitro groups is 1. The minimum absolute atomic E-state index is 0.0562. The highest BCUT2D eigenvalue weighted by molar-refractivity contribution is 6.32. The van der Waals surface area contributed by atoms with Gasteiger partial charge in [-0.05, 0) is 26.8 Å². The Bertz CT molecular complexity index is 474. The van der Waals surface area contributed by atoms with Crippen molar-refractivity contribution in [3.05, 3.63) is 33.3 Å². The number of non-ortho nitro benzene ring substituents is 1. The average molecular weight is 303 g/mol. The van der Waals surface area contributed by atoms with Gasteiger partial charge in [-0.15, -0.1) is 0 Å². The number of β-amino-alcohol motifs (C(OH)–C–C–N with tert-alkyl or cyclic N) is 1. The van der Waals surface area contributed by atoms with Gasteiger partial charge in [-0.3, -0.25) is 10.1 Å². The van der Waals surface area contributed by atoms with E-state index in [9.17, 15) is 15.2 Å². The van der Waals surface area contributed by atoms with Crippen LogP contribution < -0.4 is 10.1 Å². The Morgan fingerprint density at radius 2 is 2.15 bits per heavy atom. The number of hydrogen-bond acceptors (Lipinski definition) is 5. The molecular weight excluding hydrogens is 284 g/mol. The van der Waals surface area contributed by atoms with E-state index in [1.165, 1.54) is 18.2 Å². The fraction of sp³-hybridized carbons (Fsp3) is 0.538. The van der Waals surface area contributed by atoms with E-state index in [1.807, 2.05) is 20.8 Å². The maximum absolute atomic E-state index is 10.6. The number of nitrogens with one attached hydrogen (secondary N) is 1. The third-order valence-corrected chi connectivity index (χ3v) is 2.72. The van der Waals surface area contributed by atoms with Crippen LogP contribution in [-0.4, -0.2) is 34.8 Å². The molecule has 1 unspecified atom stereocenters. The van der Waals surface area contributed by atoms with Gasteiger partial charge >= 0.3 is 0 Å². The summed E-state index contributed by atoms with van der Waals surface area (Å²) in [5.74, 6) is 0.312. The number of aliphatic hydroxyl groups is 1. The fourth-order valence-corrected chi connectivity index (χ4v) is 1.62. The lowest BCUT2D eigenvalue weighted by Crippen LogP contribution is -2.42. The largest absolute Gasteiger partial charge is 0.489 e. The second-order valence-corrected chi connectivity index (χ2v) is 5.87. The van der Waals surface area contributed by atoms with Crippen LogP contribution in [0.2, 0.25) is 5.02 Å². The molecule has 0 amide bonds. The minimum Gasteiger partial charge on any atom is -0.489 e. The van der Waals surface area contributed by atoms with Crippen molar-refractivity contribution < 1.29 is 14.8 Å². The molecule has 1 atom stereocenters. The Kier molecular flexibility index (Phi) is 5.74. The van der Waals surface area contributed by atoms with Crippen LogP contribution in [0.4, 0.5) is 5.69 Å². The number of rotatable bonds is 6. The van der Waals surface area contributed by atoms with Gasteiger partial charge in [0.2, 0.25) is 0 Å². The van der Waals surface area contributed by atoms with Gasteiger partial charge in [0.05, 0.1) is 9.95 Å². The first-order chi connectivity index (χ1) is 9.19. The highest BCUT2D eigenvalue weighted by Gasteiger charge is 2.14. The summed E-state index contributed by atoms with van der Waals surface area (Å²) in [6.45, 7) is 6.42. The van der Waals surface area contributed by atoms with Crippen LogP contribution in [0.15, 0.2) is 18.2 Å². The van der Waals surface area contributed by atoms with Gasteiger partial charge in [0.25, 0.3) is 5.69 Å². The summed E-state index contributed by atoms with van der Waals surface area (Å²) >= 11 is 5.88. The first-order valence-electron chi connectivity index (χ1n) is 6.19. The zero-order valence-electron chi connectivity index (χ0n) is 11.7. The molecule has 20 heavy (non-hydrogen) atoms. The van der Waals surface area contributed by atoms with Crippen molar-refractivity contribution in [2.24, 2.45) is 0 Å². The van der Waals surface area contributed by atoms with Crippen LogP contribution in [-0.2, 0) is 0 Å². The molecule has 0 saturated heterocycles. The third-order valence-electron chi connectivity index (χ3n) is 2.43. The maximum atomic E-state index is 10.6. The highest BCUT2D eigenvalue weighted by atomic mass is 35.5. The molecule has 0 aromatic heterocycles. The van der Waals surface area contributed by atoms with E-state index < -0.39 is 11.0 Å². The molecule has 1 aromatic carbocycles. The van der Waals surface area contributed by atoms with Crippen molar-refractivity contribution >= 4 is 17.3 Å². The highest BCUT2D eigenvalue weighted by Crippen LogP contribution is 2.28. The maximum Gasteiger partial charge on any atom is 0.271 e. The van der Waals surface area contributed by atoms with Gasteiger partial charge in [-0.1, -0.05) is 11.6 Å². The van der Waals surface area contributed by atoms with Crippen LogP contribution in [0.1, 0.15) is 20.8 Å². The number of nitrogens with zero attached hydrogens (tertiary/aromatic N) is 1. The van der Waals surface area contributed by atoms with E-state index in [4.69, 9.17) is 16.3 Å². The van der Waals surface area contributed by atoms with Crippen molar-refractivity contribution in [2.75, 3.05) is 13.2 Å². The molecule has 0 heterocycles. The summed E-state index contributed by atoms with van der Waals surface area (Å²) < 4.78 is 5.35. The average Bonchev–Trinajstić information content (AvgIpc) is 2.33. The van der Waals surface area contributed by atoms with Crippen LogP contribution in [0.25, 0.3) is 0 Å². The van der Waals surface area contributed by atoms with Gasteiger partial charge in [-0.25, -0.2) is 0 Å². The summed E-state index contributed by atoms with van der Waals surface area (Å²) in [5, 5.41) is 23.6. The quantitative estimate of drug-likeness (QED) is 0.622. The van der Waals surface area contributed by atoms with E-state index in [2.05, 4.69) is 5.32 Å². The molecule has 7 heteroatoms. The van der Waals surface area contributed by atoms with Crippen molar-refractivity contribution in [3.63, 3.8) is 0 Å². The predicted octanol–water partition coefficient (Wildman–Crippen LogP) is 2.38. The van der Waals surface area contributed by atoms with Crippen molar-refractivity contribution in [2.45, 2.75) is 32.4 Å². The van der Waals surface area contributed by atoms with E-state index in [0.717, 1.165) is 0 Å². The van der Waals surface area contributed by atoms with Crippen molar-refractivity contribution in [1.29, 1.82) is 0 Å². The van der Waals surface area contributed by atoms with Crippen LogP contribution in [0, 0.1) is 10.1 Å². The van der Waals surface area contributed by atoms with E-state index in [1.54, 1.807) is 0 Å². The molecule has 0 aliphatic carbocycles. The zero-order valence-corrected chi connectivity index (χ0v) is 12.5. The predicted molar refractivity (Wildman–Crippen MR) is 77.4 cm³/mol. The topological polar surface area (TPSA) is 84.6 Å². The number of halogens is 1. The van der Waals surface area contributed by atoms with Crippen LogP contribution in [0.3, 0.4) is 0 Å². The summed E-state index contributed by atoms with van der Waals surface area (Å²) in [4.78, 5) is 10.0. The molecule has 1 aromatic rings. The lowest BCUT2D eigenvalue weighted by molar-refractivity contribution is -0.384. The molecule has 0 bridgehead atoms. The number of ether oxygens (including phenoxy) is 1. The first-order valence-corrected chi connectivity index (χ1v) is 6.56. The standard InChI is InChI=1S/C13H19ClN2O4/c1-13(2,3)15-7-10(17)8-20-12-5-4-9(16(18)19)6-11(12)14/h4-6,10,15,17H,7-8H2,1-3H3. The van der Waals surface area contributed by atoms with Gasteiger partial charge in [0.15, 0.2) is 0 Å². The molecule has 6 nitrogen and oxygen atoms in total. The molecule has 0 spiro atoms. The molecule has 112 valence electrons. The van der Waals surface area contributed by atoms with E-state index in [0.29, 0.717) is 12.3 Å². The molecular formula is C13H19ClN2O4. The van der Waals surface area contributed by atoms with E-state index >= 15 is 0 Å². The summed E-state index contributed by atoms with van der Waals surface area (Å²) in [7, 11) is 0. The number of hydrogen-bond donors (Lipinski definition) is 2. The Balaban J connectivity index is 2.51. The van der Waals surface area contributed by atoms with Crippen LogP contribution >= 0.6 is 11.6 Å². The molecule has 2 N–H and O–H groups in total. The number of benzene rings is 1. The second kappa shape index (κ2) is 6.88. The Morgan fingerprint density at radius 1 is 1.50 bits per heavy atom. The number of aliphatic hydroxyl groups excluding tert-OH is 1. The minimum atomic E-state index is -0.694. The Labute approximate surface area is 122 Å². The fourth-order valence-electron chi connectivity index (χ4n) is 1.39. The van der Waals surface area contributed by atoms with Crippen LogP contribution in [0.5, 0.6) is 5.75 Å². The number of nitro benzene ring substituents is 1. The zero-order chi connectivity index (χ0) is 15.3. The van der Waals surface area contributed by atoms with Gasteiger partial charge < -0.3 is 15.2 Å². The normalized spacial score (nSPS) is 13.1. The molecule has 0 aliphatic heterocycles. The lowest BCUT2D eigenvalue weighted by atomic mass is 10.1.